The fraction of sp³-hybridized carbons (Fsp3) is 0.571. The van der Waals surface area contributed by atoms with Crippen LogP contribution in [-0.2, 0) is 14.9 Å². The zero-order valence-corrected chi connectivity index (χ0v) is 11.2. The van der Waals surface area contributed by atoms with Crippen molar-refractivity contribution in [3.8, 4) is 0 Å². The molecule has 0 amide bonds. The third-order valence-corrected chi connectivity index (χ3v) is 2.78. The standard InChI is InChI=1S/C7H12O5S.Na/c1-3-6(13(10,11)12)4-5(2)7(8)9;/h4,6H,3H2,1-2H3,(H,8,9)(H,10,11,12);/q;+1/p-1. The van der Waals surface area contributed by atoms with E-state index in [9.17, 15) is 18.3 Å². The van der Waals surface area contributed by atoms with Gasteiger partial charge in [-0.2, -0.15) is 8.42 Å². The monoisotopic (exact) mass is 230 g/mol. The van der Waals surface area contributed by atoms with Crippen LogP contribution in [0.15, 0.2) is 11.6 Å². The summed E-state index contributed by atoms with van der Waals surface area (Å²) in [6.07, 6.45) is 1.08. The average molecular weight is 230 g/mol. The van der Waals surface area contributed by atoms with Gasteiger partial charge in [0.05, 0.1) is 5.97 Å². The van der Waals surface area contributed by atoms with Crippen LogP contribution in [0.25, 0.3) is 0 Å². The molecule has 1 atom stereocenters. The fourth-order valence-corrected chi connectivity index (χ4v) is 1.56. The number of carboxylic acids is 1. The molecular weight excluding hydrogens is 219 g/mol. The first kappa shape index (κ1) is 16.5. The van der Waals surface area contributed by atoms with Crippen LogP contribution in [0, 0.1) is 0 Å². The van der Waals surface area contributed by atoms with Gasteiger partial charge in [0, 0.05) is 0 Å². The van der Waals surface area contributed by atoms with Crippen LogP contribution in [-0.4, -0.2) is 24.2 Å². The summed E-state index contributed by atoms with van der Waals surface area (Å²) in [4.78, 5) is 10.2. The van der Waals surface area contributed by atoms with E-state index in [1.54, 1.807) is 0 Å². The van der Waals surface area contributed by atoms with Crippen LogP contribution in [0.3, 0.4) is 0 Å². The molecule has 0 aromatic heterocycles. The van der Waals surface area contributed by atoms with Gasteiger partial charge in [-0.1, -0.05) is 13.0 Å². The molecule has 0 rings (SSSR count). The van der Waals surface area contributed by atoms with Crippen molar-refractivity contribution >= 4 is 16.1 Å². The number of aliphatic carboxylic acids is 1. The number of carbonyl (C=O) groups is 1. The molecule has 0 aliphatic carbocycles. The van der Waals surface area contributed by atoms with Crippen molar-refractivity contribution in [3.05, 3.63) is 11.6 Å². The summed E-state index contributed by atoms with van der Waals surface area (Å²) < 4.78 is 29.9. The SMILES string of the molecule is CCC(C=C(C)C(=O)[O-])S(=O)(=O)O.[Na+]. The van der Waals surface area contributed by atoms with Gasteiger partial charge in [0.15, 0.2) is 0 Å². The van der Waals surface area contributed by atoms with Crippen molar-refractivity contribution in [2.75, 3.05) is 0 Å². The summed E-state index contributed by atoms with van der Waals surface area (Å²) in [5.41, 5.74) is -0.204. The largest absolute Gasteiger partial charge is 1.00 e. The average Bonchev–Trinajstić information content (AvgIpc) is 1.96. The second kappa shape index (κ2) is 6.58. The van der Waals surface area contributed by atoms with Gasteiger partial charge in [-0.05, 0) is 18.9 Å². The number of hydrogen-bond donors (Lipinski definition) is 1. The summed E-state index contributed by atoms with van der Waals surface area (Å²) >= 11 is 0. The molecule has 1 N–H and O–H groups in total. The fourth-order valence-electron chi connectivity index (χ4n) is 0.761. The molecule has 0 aliphatic rings. The molecule has 0 bridgehead atoms. The molecule has 0 heterocycles. The van der Waals surface area contributed by atoms with E-state index in [1.165, 1.54) is 13.8 Å². The van der Waals surface area contributed by atoms with Crippen LogP contribution in [0.2, 0.25) is 0 Å². The first-order chi connectivity index (χ1) is 5.79. The Morgan fingerprint density at radius 2 is 2.00 bits per heavy atom. The van der Waals surface area contributed by atoms with Crippen LogP contribution in [0.1, 0.15) is 20.3 Å². The second-order valence-electron chi connectivity index (χ2n) is 2.60. The maximum atomic E-state index is 10.6. The van der Waals surface area contributed by atoms with Crippen LogP contribution < -0.4 is 34.7 Å². The molecule has 0 aromatic carbocycles. The predicted octanol–water partition coefficient (Wildman–Crippen LogP) is -3.65. The van der Waals surface area contributed by atoms with Gasteiger partial charge in [0.1, 0.15) is 5.25 Å². The Labute approximate surface area is 105 Å². The Kier molecular flexibility index (Phi) is 7.77. The van der Waals surface area contributed by atoms with Crippen LogP contribution in [0.4, 0.5) is 0 Å². The Morgan fingerprint density at radius 1 is 1.57 bits per heavy atom. The molecule has 76 valence electrons. The molecule has 0 fully saturated rings. The van der Waals surface area contributed by atoms with Gasteiger partial charge in [0.25, 0.3) is 10.1 Å². The number of carbonyl (C=O) groups excluding carboxylic acids is 1. The molecule has 7 heteroatoms. The summed E-state index contributed by atoms with van der Waals surface area (Å²) in [7, 11) is -4.21. The van der Waals surface area contributed by atoms with E-state index in [1.807, 2.05) is 0 Å². The third-order valence-electron chi connectivity index (χ3n) is 1.54. The predicted molar refractivity (Wildman–Crippen MR) is 44.4 cm³/mol. The zero-order valence-electron chi connectivity index (χ0n) is 8.35. The van der Waals surface area contributed by atoms with E-state index in [-0.39, 0.29) is 41.6 Å². The van der Waals surface area contributed by atoms with E-state index in [0.717, 1.165) is 6.08 Å². The number of rotatable bonds is 4. The number of hydrogen-bond acceptors (Lipinski definition) is 4. The van der Waals surface area contributed by atoms with Gasteiger partial charge < -0.3 is 9.90 Å². The topological polar surface area (TPSA) is 94.5 Å². The minimum Gasteiger partial charge on any atom is -0.545 e. The molecule has 0 aliphatic heterocycles. The summed E-state index contributed by atoms with van der Waals surface area (Å²) in [5.74, 6) is -1.44. The molecule has 0 radical (unpaired) electrons. The van der Waals surface area contributed by atoms with Crippen molar-refractivity contribution in [2.24, 2.45) is 0 Å². The van der Waals surface area contributed by atoms with Crippen molar-refractivity contribution in [2.45, 2.75) is 25.5 Å². The minimum absolute atomic E-state index is 0. The summed E-state index contributed by atoms with van der Waals surface area (Å²) in [6, 6.07) is 0. The van der Waals surface area contributed by atoms with Gasteiger partial charge in [-0.3, -0.25) is 4.55 Å². The molecule has 0 saturated heterocycles. The van der Waals surface area contributed by atoms with Crippen molar-refractivity contribution in [3.63, 3.8) is 0 Å². The van der Waals surface area contributed by atoms with Gasteiger partial charge >= 0.3 is 29.6 Å². The van der Waals surface area contributed by atoms with E-state index in [0.29, 0.717) is 0 Å². The Bertz CT molecular complexity index is 319. The van der Waals surface area contributed by atoms with E-state index >= 15 is 0 Å². The van der Waals surface area contributed by atoms with Crippen molar-refractivity contribution in [1.82, 2.24) is 0 Å². The Balaban J connectivity index is 0. The number of carboxylic acid groups (broad SMARTS) is 1. The third kappa shape index (κ3) is 5.77. The van der Waals surface area contributed by atoms with E-state index in [4.69, 9.17) is 4.55 Å². The summed E-state index contributed by atoms with van der Waals surface area (Å²) in [5, 5.41) is 9.05. The molecule has 0 saturated carbocycles. The smallest absolute Gasteiger partial charge is 0.545 e. The molecule has 1 unspecified atom stereocenters. The molecular formula is C7H11NaO5S. The van der Waals surface area contributed by atoms with Crippen molar-refractivity contribution in [1.29, 1.82) is 0 Å². The van der Waals surface area contributed by atoms with Gasteiger partial charge in [-0.15, -0.1) is 0 Å². The summed E-state index contributed by atoms with van der Waals surface area (Å²) in [6.45, 7) is 2.74. The molecule has 0 aromatic rings. The van der Waals surface area contributed by atoms with Gasteiger partial charge in [0.2, 0.25) is 0 Å². The molecule has 5 nitrogen and oxygen atoms in total. The van der Waals surface area contributed by atoms with Gasteiger partial charge in [-0.25, -0.2) is 0 Å². The molecule has 14 heavy (non-hydrogen) atoms. The first-order valence-corrected chi connectivity index (χ1v) is 5.15. The quantitative estimate of drug-likeness (QED) is 0.305. The Hall–Kier alpha value is 0.120. The van der Waals surface area contributed by atoms with E-state index in [2.05, 4.69) is 0 Å². The van der Waals surface area contributed by atoms with Crippen LogP contribution in [0.5, 0.6) is 0 Å². The van der Waals surface area contributed by atoms with E-state index < -0.39 is 21.3 Å². The maximum Gasteiger partial charge on any atom is 1.00 e. The molecule has 0 spiro atoms. The normalized spacial score (nSPS) is 14.4. The zero-order chi connectivity index (χ0) is 10.6. The van der Waals surface area contributed by atoms with Crippen molar-refractivity contribution < 1.29 is 52.4 Å². The maximum absolute atomic E-state index is 10.6. The minimum atomic E-state index is -4.21. The second-order valence-corrected chi connectivity index (χ2v) is 4.23. The first-order valence-electron chi connectivity index (χ1n) is 3.65. The van der Waals surface area contributed by atoms with Crippen LogP contribution >= 0.6 is 0 Å². The Morgan fingerprint density at radius 3 is 2.21 bits per heavy atom.